The van der Waals surface area contributed by atoms with Crippen molar-refractivity contribution in [1.82, 2.24) is 25.0 Å². The van der Waals surface area contributed by atoms with Gasteiger partial charge in [0.1, 0.15) is 11.4 Å². The van der Waals surface area contributed by atoms with E-state index in [4.69, 9.17) is 17.3 Å². The summed E-state index contributed by atoms with van der Waals surface area (Å²) in [6.07, 6.45) is 5.56. The van der Waals surface area contributed by atoms with E-state index < -0.39 is 29.3 Å². The Kier molecular flexibility index (Phi) is 6.74. The van der Waals surface area contributed by atoms with E-state index in [2.05, 4.69) is 25.5 Å². The van der Waals surface area contributed by atoms with Gasteiger partial charge in [0.05, 0.1) is 46.7 Å². The van der Waals surface area contributed by atoms with Gasteiger partial charge in [0, 0.05) is 17.3 Å². The van der Waals surface area contributed by atoms with Crippen molar-refractivity contribution in [2.24, 2.45) is 5.92 Å². The predicted molar refractivity (Wildman–Crippen MR) is 132 cm³/mol. The summed E-state index contributed by atoms with van der Waals surface area (Å²) >= 11 is 6.35. The molecule has 0 radical (unpaired) electrons. The monoisotopic (exact) mass is 545 g/mol. The van der Waals surface area contributed by atoms with Crippen molar-refractivity contribution in [3.05, 3.63) is 76.7 Å². The van der Waals surface area contributed by atoms with Crippen LogP contribution in [0.5, 0.6) is 0 Å². The van der Waals surface area contributed by atoms with Crippen LogP contribution in [-0.4, -0.2) is 30.9 Å². The van der Waals surface area contributed by atoms with Gasteiger partial charge in [-0.25, -0.2) is 9.37 Å². The Balaban J connectivity index is 1.44. The van der Waals surface area contributed by atoms with Crippen molar-refractivity contribution < 1.29 is 22.4 Å². The summed E-state index contributed by atoms with van der Waals surface area (Å²) in [5.74, 6) is -1.61. The van der Waals surface area contributed by atoms with Crippen molar-refractivity contribution in [3.63, 3.8) is 0 Å². The van der Waals surface area contributed by atoms with Crippen molar-refractivity contribution in [1.29, 1.82) is 0 Å². The van der Waals surface area contributed by atoms with Gasteiger partial charge in [0.25, 0.3) is 5.91 Å². The molecular formula is C25H20ClF4N7O. The highest BCUT2D eigenvalue weighted by Crippen LogP contribution is 2.39. The van der Waals surface area contributed by atoms with Crippen LogP contribution in [0.4, 0.5) is 28.9 Å². The number of rotatable bonds is 7. The molecule has 13 heteroatoms. The van der Waals surface area contributed by atoms with E-state index in [1.165, 1.54) is 24.7 Å². The lowest BCUT2D eigenvalue weighted by molar-refractivity contribution is -0.137. The lowest BCUT2D eigenvalue weighted by Crippen LogP contribution is -2.17. The van der Waals surface area contributed by atoms with Crippen molar-refractivity contribution >= 4 is 28.9 Å². The van der Waals surface area contributed by atoms with Crippen molar-refractivity contribution in [2.75, 3.05) is 11.1 Å². The SMILES string of the molecule is Nc1cncc(CCC2CC2)c1-c1cc(Cl)c(C(=O)Nc2cnc(-n3nccn3)c(C(F)(F)F)c2)cc1F. The number of hydrogen-bond donors (Lipinski definition) is 2. The molecule has 8 nitrogen and oxygen atoms in total. The number of carbonyl (C=O) groups excluding carboxylic acids is 1. The smallest absolute Gasteiger partial charge is 0.397 e. The molecule has 3 N–H and O–H groups in total. The van der Waals surface area contributed by atoms with Gasteiger partial charge in [-0.2, -0.15) is 23.4 Å². The average molecular weight is 546 g/mol. The molecule has 0 unspecified atom stereocenters. The van der Waals surface area contributed by atoms with Crippen LogP contribution in [-0.2, 0) is 12.6 Å². The van der Waals surface area contributed by atoms with Gasteiger partial charge < -0.3 is 11.1 Å². The Morgan fingerprint density at radius 3 is 2.55 bits per heavy atom. The minimum absolute atomic E-state index is 0.106. The number of alkyl halides is 3. The molecule has 0 bridgehead atoms. The number of carbonyl (C=O) groups is 1. The Hall–Kier alpha value is -4.06. The normalized spacial score (nSPS) is 13.5. The van der Waals surface area contributed by atoms with E-state index in [1.54, 1.807) is 6.20 Å². The number of nitrogens with zero attached hydrogens (tertiary/aromatic N) is 5. The lowest BCUT2D eigenvalue weighted by Gasteiger charge is -2.16. The molecule has 38 heavy (non-hydrogen) atoms. The first-order chi connectivity index (χ1) is 18.1. The molecule has 1 amide bonds. The molecule has 3 heterocycles. The molecule has 0 aliphatic heterocycles. The topological polar surface area (TPSA) is 112 Å². The van der Waals surface area contributed by atoms with E-state index in [1.807, 2.05) is 0 Å². The van der Waals surface area contributed by atoms with E-state index in [9.17, 15) is 18.0 Å². The molecule has 1 saturated carbocycles. The summed E-state index contributed by atoms with van der Waals surface area (Å²) in [5.41, 5.74) is 6.00. The summed E-state index contributed by atoms with van der Waals surface area (Å²) in [7, 11) is 0. The molecule has 5 rings (SSSR count). The fraction of sp³-hybridized carbons (Fsp3) is 0.240. The fourth-order valence-electron chi connectivity index (χ4n) is 4.14. The first-order valence-corrected chi connectivity index (χ1v) is 12.0. The first-order valence-electron chi connectivity index (χ1n) is 11.6. The number of pyridine rings is 2. The van der Waals surface area contributed by atoms with Gasteiger partial charge in [0.2, 0.25) is 0 Å². The van der Waals surface area contributed by atoms with Gasteiger partial charge in [0.15, 0.2) is 5.82 Å². The Morgan fingerprint density at radius 2 is 1.87 bits per heavy atom. The molecule has 1 fully saturated rings. The highest BCUT2D eigenvalue weighted by Gasteiger charge is 2.36. The molecule has 3 aromatic heterocycles. The quantitative estimate of drug-likeness (QED) is 0.288. The number of nitrogens with two attached hydrogens (primary N) is 1. The van der Waals surface area contributed by atoms with Gasteiger partial charge >= 0.3 is 6.18 Å². The molecule has 4 aromatic rings. The molecule has 196 valence electrons. The number of halogens is 5. The molecule has 1 aliphatic carbocycles. The minimum Gasteiger partial charge on any atom is -0.397 e. The summed E-state index contributed by atoms with van der Waals surface area (Å²) in [6, 6.07) is 2.90. The lowest BCUT2D eigenvalue weighted by atomic mass is 9.95. The maximum atomic E-state index is 15.3. The first kappa shape index (κ1) is 25.6. The Bertz CT molecular complexity index is 1500. The zero-order valence-corrected chi connectivity index (χ0v) is 20.4. The van der Waals surface area contributed by atoms with Crippen LogP contribution >= 0.6 is 11.6 Å². The van der Waals surface area contributed by atoms with E-state index >= 15 is 4.39 Å². The van der Waals surface area contributed by atoms with Crippen LogP contribution in [0.3, 0.4) is 0 Å². The second-order valence-electron chi connectivity index (χ2n) is 8.92. The number of amides is 1. The fourth-order valence-corrected chi connectivity index (χ4v) is 4.39. The van der Waals surface area contributed by atoms with E-state index in [0.717, 1.165) is 37.1 Å². The van der Waals surface area contributed by atoms with Crippen LogP contribution in [0.25, 0.3) is 16.9 Å². The number of anilines is 2. The Labute approximate surface area is 218 Å². The third-order valence-electron chi connectivity index (χ3n) is 6.18. The largest absolute Gasteiger partial charge is 0.420 e. The van der Waals surface area contributed by atoms with Crippen LogP contribution in [0.15, 0.2) is 49.2 Å². The minimum atomic E-state index is -4.82. The third-order valence-corrected chi connectivity index (χ3v) is 6.49. The summed E-state index contributed by atoms with van der Waals surface area (Å²) in [6.45, 7) is 0. The van der Waals surface area contributed by atoms with Gasteiger partial charge in [-0.15, -0.1) is 4.80 Å². The van der Waals surface area contributed by atoms with Crippen molar-refractivity contribution in [3.8, 4) is 16.9 Å². The van der Waals surface area contributed by atoms with Crippen LogP contribution in [0, 0.1) is 11.7 Å². The number of aryl methyl sites for hydroxylation is 1. The third kappa shape index (κ3) is 5.30. The molecule has 1 aromatic carbocycles. The number of hydrogen-bond acceptors (Lipinski definition) is 6. The van der Waals surface area contributed by atoms with E-state index in [0.29, 0.717) is 28.8 Å². The van der Waals surface area contributed by atoms with Gasteiger partial charge in [-0.3, -0.25) is 9.78 Å². The molecule has 1 aliphatic rings. The van der Waals surface area contributed by atoms with Crippen LogP contribution < -0.4 is 11.1 Å². The standard InChI is InChI=1S/C25H20ClF4N7O/c26-19-8-17(22-14(4-3-13-1-2-13)10-32-12-21(22)31)20(27)9-16(19)24(38)36-15-7-18(25(28,29)30)23(33-11-15)37-34-5-6-35-37/h5-13H,1-4,31H2,(H,36,38). The molecule has 0 atom stereocenters. The summed E-state index contributed by atoms with van der Waals surface area (Å²) in [5, 5.41) is 9.53. The second kappa shape index (κ2) is 10.0. The molecule has 0 spiro atoms. The van der Waals surface area contributed by atoms with Gasteiger partial charge in [-0.05, 0) is 42.5 Å². The van der Waals surface area contributed by atoms with E-state index in [-0.39, 0.29) is 27.5 Å². The summed E-state index contributed by atoms with van der Waals surface area (Å²) in [4.78, 5) is 21.5. The number of benzene rings is 1. The number of aromatic nitrogens is 5. The number of nitrogen functional groups attached to an aromatic ring is 1. The van der Waals surface area contributed by atoms with Crippen LogP contribution in [0.1, 0.15) is 40.7 Å². The second-order valence-corrected chi connectivity index (χ2v) is 9.33. The summed E-state index contributed by atoms with van der Waals surface area (Å²) < 4.78 is 56.3. The zero-order valence-electron chi connectivity index (χ0n) is 19.6. The highest BCUT2D eigenvalue weighted by atomic mass is 35.5. The van der Waals surface area contributed by atoms with Crippen molar-refractivity contribution in [2.45, 2.75) is 31.9 Å². The Morgan fingerprint density at radius 1 is 1.13 bits per heavy atom. The maximum absolute atomic E-state index is 15.3. The molecule has 0 saturated heterocycles. The molecular weight excluding hydrogens is 526 g/mol. The van der Waals surface area contributed by atoms with Gasteiger partial charge in [-0.1, -0.05) is 24.4 Å². The average Bonchev–Trinajstić information content (AvgIpc) is 3.54. The number of nitrogens with one attached hydrogen (secondary N) is 1. The predicted octanol–water partition coefficient (Wildman–Crippen LogP) is 5.71. The zero-order chi connectivity index (χ0) is 27.0. The van der Waals surface area contributed by atoms with Crippen LogP contribution in [0.2, 0.25) is 5.02 Å². The highest BCUT2D eigenvalue weighted by molar-refractivity contribution is 6.34. The maximum Gasteiger partial charge on any atom is 0.420 e.